The molecule has 1 atom stereocenters. The number of hydrogen-bond donors (Lipinski definition) is 0. The van der Waals surface area contributed by atoms with Gasteiger partial charge in [-0.15, -0.1) is 0 Å². The first-order valence-electron chi connectivity index (χ1n) is 6.83. The van der Waals surface area contributed by atoms with Gasteiger partial charge in [0.15, 0.2) is 0 Å². The van der Waals surface area contributed by atoms with E-state index in [-0.39, 0.29) is 0 Å². The van der Waals surface area contributed by atoms with Crippen LogP contribution in [-0.2, 0) is 0 Å². The van der Waals surface area contributed by atoms with Gasteiger partial charge in [-0.2, -0.15) is 0 Å². The van der Waals surface area contributed by atoms with Crippen LogP contribution < -0.4 is 0 Å². The molecule has 0 saturated carbocycles. The van der Waals surface area contributed by atoms with E-state index in [0.29, 0.717) is 5.41 Å². The maximum Gasteiger partial charge on any atom is 0.00958 e. The lowest BCUT2D eigenvalue weighted by Crippen LogP contribution is -2.20. The predicted molar refractivity (Wildman–Crippen MR) is 71.4 cm³/mol. The summed E-state index contributed by atoms with van der Waals surface area (Å²) in [6, 6.07) is 0. The predicted octanol–water partition coefficient (Wildman–Crippen LogP) is 5.18. The second-order valence-electron chi connectivity index (χ2n) is 5.34. The number of allylic oxidation sites excluding steroid dienone is 6. The first kappa shape index (κ1) is 11.7. The summed E-state index contributed by atoms with van der Waals surface area (Å²) >= 11 is 0. The van der Waals surface area contributed by atoms with Gasteiger partial charge < -0.3 is 0 Å². The van der Waals surface area contributed by atoms with Gasteiger partial charge in [-0.3, -0.25) is 0 Å². The molecule has 0 amide bonds. The SMILES string of the molecule is CCC(C)(C1=CC=CC1)C1=CCCCCC1. The van der Waals surface area contributed by atoms with E-state index in [1.165, 1.54) is 44.9 Å². The van der Waals surface area contributed by atoms with Gasteiger partial charge in [0.05, 0.1) is 0 Å². The van der Waals surface area contributed by atoms with Crippen molar-refractivity contribution >= 4 is 0 Å². The molecule has 0 radical (unpaired) electrons. The summed E-state index contributed by atoms with van der Waals surface area (Å²) in [5, 5.41) is 0. The molecule has 0 N–H and O–H groups in total. The van der Waals surface area contributed by atoms with Gasteiger partial charge in [0, 0.05) is 5.41 Å². The van der Waals surface area contributed by atoms with E-state index < -0.39 is 0 Å². The van der Waals surface area contributed by atoms with E-state index in [9.17, 15) is 0 Å². The van der Waals surface area contributed by atoms with Crippen molar-refractivity contribution in [1.29, 1.82) is 0 Å². The topological polar surface area (TPSA) is 0 Å². The van der Waals surface area contributed by atoms with E-state index in [4.69, 9.17) is 0 Å². The molecule has 0 aliphatic heterocycles. The molecule has 2 aliphatic rings. The van der Waals surface area contributed by atoms with Gasteiger partial charge in [0.25, 0.3) is 0 Å². The van der Waals surface area contributed by atoms with Crippen LogP contribution in [0.1, 0.15) is 58.8 Å². The molecular formula is C16H24. The van der Waals surface area contributed by atoms with E-state index in [2.05, 4.69) is 38.2 Å². The maximum atomic E-state index is 2.54. The van der Waals surface area contributed by atoms with Crippen molar-refractivity contribution in [3.05, 3.63) is 35.5 Å². The van der Waals surface area contributed by atoms with Gasteiger partial charge in [0.1, 0.15) is 0 Å². The normalized spacial score (nSPS) is 24.6. The minimum Gasteiger partial charge on any atom is -0.0845 e. The summed E-state index contributed by atoms with van der Waals surface area (Å²) in [6.45, 7) is 4.79. The Balaban J connectivity index is 2.22. The van der Waals surface area contributed by atoms with E-state index in [1.807, 2.05) is 0 Å². The van der Waals surface area contributed by atoms with Crippen molar-refractivity contribution in [1.82, 2.24) is 0 Å². The Morgan fingerprint density at radius 1 is 1.19 bits per heavy atom. The molecule has 0 heteroatoms. The Hall–Kier alpha value is -0.780. The fraction of sp³-hybridized carbons (Fsp3) is 0.625. The van der Waals surface area contributed by atoms with Crippen molar-refractivity contribution in [2.45, 2.75) is 58.8 Å². The van der Waals surface area contributed by atoms with Crippen LogP contribution in [0.3, 0.4) is 0 Å². The Labute approximate surface area is 100 Å². The molecular weight excluding hydrogens is 192 g/mol. The monoisotopic (exact) mass is 216 g/mol. The molecule has 0 nitrogen and oxygen atoms in total. The highest BCUT2D eigenvalue weighted by Gasteiger charge is 2.31. The van der Waals surface area contributed by atoms with Gasteiger partial charge in [0.2, 0.25) is 0 Å². The smallest absolute Gasteiger partial charge is 0.00958 e. The zero-order valence-corrected chi connectivity index (χ0v) is 10.8. The van der Waals surface area contributed by atoms with Crippen LogP contribution in [0.4, 0.5) is 0 Å². The van der Waals surface area contributed by atoms with Crippen molar-refractivity contribution < 1.29 is 0 Å². The summed E-state index contributed by atoms with van der Waals surface area (Å²) in [6.07, 6.45) is 18.6. The first-order valence-corrected chi connectivity index (χ1v) is 6.83. The third-order valence-electron chi connectivity index (χ3n) is 4.44. The molecule has 1 unspecified atom stereocenters. The molecule has 2 rings (SSSR count). The summed E-state index contributed by atoms with van der Waals surface area (Å²) < 4.78 is 0. The number of hydrogen-bond acceptors (Lipinski definition) is 0. The molecule has 0 spiro atoms. The Morgan fingerprint density at radius 3 is 2.75 bits per heavy atom. The summed E-state index contributed by atoms with van der Waals surface area (Å²) in [4.78, 5) is 0. The molecule has 0 aromatic rings. The average Bonchev–Trinajstić information content (AvgIpc) is 2.71. The molecule has 0 aromatic carbocycles. The van der Waals surface area contributed by atoms with Crippen LogP contribution >= 0.6 is 0 Å². The molecule has 0 aromatic heterocycles. The molecule has 0 fully saturated rings. The Kier molecular flexibility index (Phi) is 3.68. The van der Waals surface area contributed by atoms with Crippen LogP contribution in [-0.4, -0.2) is 0 Å². The minimum absolute atomic E-state index is 0.341. The Bertz CT molecular complexity index is 330. The third-order valence-corrected chi connectivity index (χ3v) is 4.44. The largest absolute Gasteiger partial charge is 0.0845 e. The van der Waals surface area contributed by atoms with Crippen molar-refractivity contribution in [3.63, 3.8) is 0 Å². The van der Waals surface area contributed by atoms with Crippen LogP contribution in [0.15, 0.2) is 35.5 Å². The Morgan fingerprint density at radius 2 is 2.06 bits per heavy atom. The van der Waals surface area contributed by atoms with Crippen molar-refractivity contribution in [2.24, 2.45) is 5.41 Å². The summed E-state index contributed by atoms with van der Waals surface area (Å²) in [7, 11) is 0. The standard InChI is InChI=1S/C16H24/c1-3-16(2,15-12-8-9-13-15)14-10-6-4-5-7-11-14/h8-10,12H,3-7,11,13H2,1-2H3. The highest BCUT2D eigenvalue weighted by molar-refractivity contribution is 5.36. The van der Waals surface area contributed by atoms with Crippen LogP contribution in [0.5, 0.6) is 0 Å². The van der Waals surface area contributed by atoms with Crippen LogP contribution in [0, 0.1) is 5.41 Å². The first-order chi connectivity index (χ1) is 7.77. The maximum absolute atomic E-state index is 2.54. The fourth-order valence-electron chi connectivity index (χ4n) is 3.03. The molecule has 0 bridgehead atoms. The van der Waals surface area contributed by atoms with E-state index in [0.717, 1.165) is 0 Å². The second-order valence-corrected chi connectivity index (χ2v) is 5.34. The van der Waals surface area contributed by atoms with Gasteiger partial charge in [-0.1, -0.05) is 55.7 Å². The van der Waals surface area contributed by atoms with E-state index >= 15 is 0 Å². The highest BCUT2D eigenvalue weighted by atomic mass is 14.3. The van der Waals surface area contributed by atoms with Crippen molar-refractivity contribution in [3.8, 4) is 0 Å². The van der Waals surface area contributed by atoms with Gasteiger partial charge in [-0.25, -0.2) is 0 Å². The van der Waals surface area contributed by atoms with Crippen molar-refractivity contribution in [2.75, 3.05) is 0 Å². The molecule has 0 heterocycles. The third kappa shape index (κ3) is 2.16. The second kappa shape index (κ2) is 5.03. The zero-order chi connectivity index (χ0) is 11.4. The summed E-state index contributed by atoms with van der Waals surface area (Å²) in [5.74, 6) is 0. The quantitative estimate of drug-likeness (QED) is 0.570. The lowest BCUT2D eigenvalue weighted by molar-refractivity contribution is 0.435. The fourth-order valence-corrected chi connectivity index (χ4v) is 3.03. The summed E-state index contributed by atoms with van der Waals surface area (Å²) in [5.41, 5.74) is 3.68. The zero-order valence-electron chi connectivity index (χ0n) is 10.8. The minimum atomic E-state index is 0.341. The van der Waals surface area contributed by atoms with E-state index in [1.54, 1.807) is 11.1 Å². The van der Waals surface area contributed by atoms with Crippen LogP contribution in [0.2, 0.25) is 0 Å². The molecule has 16 heavy (non-hydrogen) atoms. The number of rotatable bonds is 3. The lowest BCUT2D eigenvalue weighted by atomic mass is 9.71. The highest BCUT2D eigenvalue weighted by Crippen LogP contribution is 2.44. The molecule has 2 aliphatic carbocycles. The average molecular weight is 216 g/mol. The van der Waals surface area contributed by atoms with Crippen LogP contribution in [0.25, 0.3) is 0 Å². The lowest BCUT2D eigenvalue weighted by Gasteiger charge is -2.33. The molecule has 88 valence electrons. The molecule has 0 saturated heterocycles. The van der Waals surface area contributed by atoms with Gasteiger partial charge in [-0.05, 0) is 38.5 Å². The van der Waals surface area contributed by atoms with Gasteiger partial charge >= 0.3 is 0 Å².